The third-order valence-electron chi connectivity index (χ3n) is 3.61. The number of aryl methyl sites for hydroxylation is 1. The molecule has 0 radical (unpaired) electrons. The van der Waals surface area contributed by atoms with Crippen LogP contribution in [-0.2, 0) is 16.1 Å². The zero-order chi connectivity index (χ0) is 17.6. The van der Waals surface area contributed by atoms with Gasteiger partial charge in [0.05, 0.1) is 22.5 Å². The smallest absolute Gasteiger partial charge is 0.326 e. The predicted octanol–water partition coefficient (Wildman–Crippen LogP) is 1.75. The highest BCUT2D eigenvalue weighted by Gasteiger charge is 2.10. The van der Waals surface area contributed by atoms with E-state index in [0.29, 0.717) is 17.8 Å². The fraction of sp³-hybridized carbons (Fsp3) is 0.235. The first-order valence-corrected chi connectivity index (χ1v) is 8.68. The van der Waals surface area contributed by atoms with E-state index in [1.54, 1.807) is 22.1 Å². The number of carbonyl (C=O) groups is 2. The number of hydrogen-bond donors (Lipinski definition) is 2. The van der Waals surface area contributed by atoms with Gasteiger partial charge in [-0.2, -0.15) is 0 Å². The van der Waals surface area contributed by atoms with Gasteiger partial charge in [-0.25, -0.2) is 4.79 Å². The molecule has 1 aromatic carbocycles. The molecule has 1 amide bonds. The van der Waals surface area contributed by atoms with Crippen molar-refractivity contribution in [2.24, 2.45) is 0 Å². The van der Waals surface area contributed by atoms with Gasteiger partial charge < -0.3 is 15.0 Å². The molecule has 0 bridgehead atoms. The van der Waals surface area contributed by atoms with Gasteiger partial charge in [-0.1, -0.05) is 18.2 Å². The van der Waals surface area contributed by atoms with Crippen LogP contribution in [0.4, 0.5) is 0 Å². The van der Waals surface area contributed by atoms with Gasteiger partial charge in [-0.15, -0.1) is 11.3 Å². The van der Waals surface area contributed by atoms with Gasteiger partial charge in [0.25, 0.3) is 5.91 Å². The van der Waals surface area contributed by atoms with Gasteiger partial charge in [0.1, 0.15) is 6.54 Å². The second kappa shape index (κ2) is 7.80. The van der Waals surface area contributed by atoms with Crippen molar-refractivity contribution in [3.63, 3.8) is 0 Å². The van der Waals surface area contributed by atoms with Crippen LogP contribution in [0.25, 0.3) is 11.0 Å². The Morgan fingerprint density at radius 3 is 2.84 bits per heavy atom. The van der Waals surface area contributed by atoms with E-state index in [4.69, 9.17) is 4.74 Å². The summed E-state index contributed by atoms with van der Waals surface area (Å²) >= 11 is 1.31. The number of hydrogen-bond acceptors (Lipinski definition) is 5. The number of imidazole rings is 1. The Kier molecular flexibility index (Phi) is 5.30. The van der Waals surface area contributed by atoms with Gasteiger partial charge in [0, 0.05) is 6.54 Å². The number of benzene rings is 1. The standard InChI is InChI=1S/C17H17N3O4S/c21-15(11-18-16(22)14-7-3-10-25-14)24-9-4-8-20-13-6-2-1-5-12(13)19-17(20)23/h1-3,5-7,10H,4,8-9,11H2,(H,18,22)(H,19,23). The van der Waals surface area contributed by atoms with Crippen LogP contribution in [0.15, 0.2) is 46.6 Å². The minimum absolute atomic E-state index is 0.177. The number of thiophene rings is 1. The molecule has 0 fully saturated rings. The molecule has 3 rings (SSSR count). The Morgan fingerprint density at radius 2 is 2.04 bits per heavy atom. The summed E-state index contributed by atoms with van der Waals surface area (Å²) in [5, 5.41) is 4.30. The van der Waals surface area contributed by atoms with Gasteiger partial charge in [-0.05, 0) is 30.0 Å². The van der Waals surface area contributed by atoms with Gasteiger partial charge in [0.2, 0.25) is 0 Å². The number of carbonyl (C=O) groups excluding carboxylic acids is 2. The van der Waals surface area contributed by atoms with Crippen LogP contribution in [0.5, 0.6) is 0 Å². The van der Waals surface area contributed by atoms with Crippen molar-refractivity contribution in [3.8, 4) is 0 Å². The molecule has 2 N–H and O–H groups in total. The number of esters is 1. The molecule has 0 aliphatic carbocycles. The van der Waals surface area contributed by atoms with E-state index in [9.17, 15) is 14.4 Å². The van der Waals surface area contributed by atoms with Crippen molar-refractivity contribution in [1.82, 2.24) is 14.9 Å². The quantitative estimate of drug-likeness (QED) is 0.496. The van der Waals surface area contributed by atoms with Crippen LogP contribution in [0.1, 0.15) is 16.1 Å². The molecular weight excluding hydrogens is 342 g/mol. The molecule has 7 nitrogen and oxygen atoms in total. The number of aromatic amines is 1. The minimum atomic E-state index is -0.504. The molecule has 25 heavy (non-hydrogen) atoms. The molecule has 2 aromatic heterocycles. The summed E-state index contributed by atoms with van der Waals surface area (Å²) in [4.78, 5) is 38.6. The summed E-state index contributed by atoms with van der Waals surface area (Å²) in [7, 11) is 0. The van der Waals surface area contributed by atoms with Crippen molar-refractivity contribution < 1.29 is 14.3 Å². The summed E-state index contributed by atoms with van der Waals surface area (Å²) in [6.45, 7) is 0.446. The number of nitrogens with one attached hydrogen (secondary N) is 2. The van der Waals surface area contributed by atoms with Crippen molar-refractivity contribution in [2.75, 3.05) is 13.2 Å². The zero-order valence-corrected chi connectivity index (χ0v) is 14.2. The third-order valence-corrected chi connectivity index (χ3v) is 4.48. The average molecular weight is 359 g/mol. The van der Waals surface area contributed by atoms with Crippen LogP contribution in [0, 0.1) is 0 Å². The lowest BCUT2D eigenvalue weighted by atomic mass is 10.3. The number of amides is 1. The van der Waals surface area contributed by atoms with Gasteiger partial charge in [0.15, 0.2) is 0 Å². The van der Waals surface area contributed by atoms with E-state index in [1.165, 1.54) is 11.3 Å². The Morgan fingerprint density at radius 1 is 1.20 bits per heavy atom. The van der Waals surface area contributed by atoms with Crippen LogP contribution >= 0.6 is 11.3 Å². The van der Waals surface area contributed by atoms with Gasteiger partial charge in [-0.3, -0.25) is 14.2 Å². The molecule has 2 heterocycles. The zero-order valence-electron chi connectivity index (χ0n) is 13.4. The topological polar surface area (TPSA) is 93.2 Å². The first kappa shape index (κ1) is 17.0. The number of H-pyrrole nitrogens is 1. The van der Waals surface area contributed by atoms with Crippen molar-refractivity contribution in [3.05, 3.63) is 57.1 Å². The highest BCUT2D eigenvalue weighted by molar-refractivity contribution is 7.12. The Labute approximate surface area is 147 Å². The number of fused-ring (bicyclic) bond motifs is 1. The maximum atomic E-state index is 11.9. The molecule has 0 saturated carbocycles. The van der Waals surface area contributed by atoms with E-state index in [0.717, 1.165) is 11.0 Å². The van der Waals surface area contributed by atoms with Crippen LogP contribution < -0.4 is 11.0 Å². The second-order valence-electron chi connectivity index (χ2n) is 5.33. The summed E-state index contributed by atoms with van der Waals surface area (Å²) in [6, 6.07) is 10.9. The first-order chi connectivity index (χ1) is 12.1. The number of nitrogens with zero attached hydrogens (tertiary/aromatic N) is 1. The monoisotopic (exact) mass is 359 g/mol. The normalized spacial score (nSPS) is 10.7. The molecule has 8 heteroatoms. The van der Waals surface area contributed by atoms with E-state index in [1.807, 2.05) is 24.3 Å². The lowest BCUT2D eigenvalue weighted by molar-refractivity contribution is -0.142. The highest BCUT2D eigenvalue weighted by atomic mass is 32.1. The average Bonchev–Trinajstić information content (AvgIpc) is 3.24. The molecule has 0 atom stereocenters. The summed E-state index contributed by atoms with van der Waals surface area (Å²) in [5.41, 5.74) is 1.42. The SMILES string of the molecule is O=C(CNC(=O)c1cccs1)OCCCn1c(=O)[nH]c2ccccc21. The summed E-state index contributed by atoms with van der Waals surface area (Å²) in [6.07, 6.45) is 0.506. The van der Waals surface area contributed by atoms with Crippen LogP contribution in [0.3, 0.4) is 0 Å². The number of aromatic nitrogens is 2. The van der Waals surface area contributed by atoms with Crippen molar-refractivity contribution in [1.29, 1.82) is 0 Å². The number of rotatable bonds is 7. The van der Waals surface area contributed by atoms with E-state index < -0.39 is 5.97 Å². The Hall–Kier alpha value is -2.87. The maximum absolute atomic E-state index is 11.9. The van der Waals surface area contributed by atoms with E-state index in [2.05, 4.69) is 10.3 Å². The Bertz CT molecular complexity index is 927. The number of para-hydroxylation sites is 2. The summed E-state index contributed by atoms with van der Waals surface area (Å²) < 4.78 is 6.70. The van der Waals surface area contributed by atoms with Crippen molar-refractivity contribution >= 4 is 34.2 Å². The van der Waals surface area contributed by atoms with Crippen molar-refractivity contribution in [2.45, 2.75) is 13.0 Å². The second-order valence-corrected chi connectivity index (χ2v) is 6.28. The molecule has 0 aliphatic rings. The summed E-state index contributed by atoms with van der Waals surface area (Å²) in [5.74, 6) is -0.798. The molecule has 0 aliphatic heterocycles. The predicted molar refractivity (Wildman–Crippen MR) is 94.8 cm³/mol. The van der Waals surface area contributed by atoms with Crippen LogP contribution in [-0.4, -0.2) is 34.6 Å². The molecular formula is C17H17N3O4S. The largest absolute Gasteiger partial charge is 0.464 e. The lowest BCUT2D eigenvalue weighted by Crippen LogP contribution is -2.30. The van der Waals surface area contributed by atoms with Crippen LogP contribution in [0.2, 0.25) is 0 Å². The third kappa shape index (κ3) is 4.16. The molecule has 130 valence electrons. The molecule has 0 saturated heterocycles. The molecule has 3 aromatic rings. The molecule has 0 spiro atoms. The van der Waals surface area contributed by atoms with E-state index >= 15 is 0 Å². The lowest BCUT2D eigenvalue weighted by Gasteiger charge is -2.06. The maximum Gasteiger partial charge on any atom is 0.326 e. The highest BCUT2D eigenvalue weighted by Crippen LogP contribution is 2.09. The fourth-order valence-electron chi connectivity index (χ4n) is 2.44. The fourth-order valence-corrected chi connectivity index (χ4v) is 3.08. The Balaban J connectivity index is 1.42. The molecule has 0 unspecified atom stereocenters. The van der Waals surface area contributed by atoms with Gasteiger partial charge >= 0.3 is 11.7 Å². The van der Waals surface area contributed by atoms with E-state index in [-0.39, 0.29) is 24.7 Å². The first-order valence-electron chi connectivity index (χ1n) is 7.80. The minimum Gasteiger partial charge on any atom is -0.464 e. The number of ether oxygens (including phenoxy) is 1.